The number of rotatable bonds is 6. The number of carbonyl (C=O) groups excluding carboxylic acids is 2. The summed E-state index contributed by atoms with van der Waals surface area (Å²) in [5.74, 6) is -0.380. The van der Waals surface area contributed by atoms with Crippen LogP contribution in [0.3, 0.4) is 0 Å². The molecule has 0 aliphatic rings. The SMILES string of the molecule is CCNC(=O)NC(=O)[C@@H](N[C@@H](C)c1ccccc1)c1ccccc1. The summed E-state index contributed by atoms with van der Waals surface area (Å²) in [6.45, 7) is 4.25. The maximum absolute atomic E-state index is 12.6. The molecule has 24 heavy (non-hydrogen) atoms. The first-order valence-electron chi connectivity index (χ1n) is 8.06. The molecule has 0 aliphatic carbocycles. The Labute approximate surface area is 142 Å². The smallest absolute Gasteiger partial charge is 0.321 e. The van der Waals surface area contributed by atoms with Gasteiger partial charge in [-0.25, -0.2) is 4.79 Å². The van der Waals surface area contributed by atoms with Crippen LogP contribution in [0.5, 0.6) is 0 Å². The highest BCUT2D eigenvalue weighted by Crippen LogP contribution is 2.19. The summed E-state index contributed by atoms with van der Waals surface area (Å²) in [5, 5.41) is 8.26. The molecule has 2 rings (SSSR count). The van der Waals surface area contributed by atoms with Crippen LogP contribution in [0, 0.1) is 0 Å². The second kappa shape index (κ2) is 8.84. The first-order chi connectivity index (χ1) is 11.6. The van der Waals surface area contributed by atoms with E-state index in [1.165, 1.54) is 0 Å². The van der Waals surface area contributed by atoms with Gasteiger partial charge in [0.1, 0.15) is 6.04 Å². The van der Waals surface area contributed by atoms with Crippen molar-refractivity contribution < 1.29 is 9.59 Å². The minimum Gasteiger partial charge on any atom is -0.338 e. The van der Waals surface area contributed by atoms with Gasteiger partial charge in [0, 0.05) is 12.6 Å². The summed E-state index contributed by atoms with van der Waals surface area (Å²) in [6, 6.07) is 18.1. The van der Waals surface area contributed by atoms with E-state index in [1.54, 1.807) is 6.92 Å². The molecular formula is C19H23N3O2. The van der Waals surface area contributed by atoms with Crippen molar-refractivity contribution in [1.29, 1.82) is 0 Å². The molecule has 0 radical (unpaired) electrons. The van der Waals surface area contributed by atoms with Gasteiger partial charge < -0.3 is 5.32 Å². The molecule has 0 fully saturated rings. The van der Waals surface area contributed by atoms with Gasteiger partial charge >= 0.3 is 6.03 Å². The van der Waals surface area contributed by atoms with Crippen molar-refractivity contribution in [2.45, 2.75) is 25.9 Å². The Morgan fingerprint density at radius 3 is 2.00 bits per heavy atom. The number of nitrogens with one attached hydrogen (secondary N) is 3. The number of hydrogen-bond donors (Lipinski definition) is 3. The quantitative estimate of drug-likeness (QED) is 0.765. The van der Waals surface area contributed by atoms with Crippen LogP contribution in [0.15, 0.2) is 60.7 Å². The summed E-state index contributed by atoms with van der Waals surface area (Å²) >= 11 is 0. The van der Waals surface area contributed by atoms with E-state index in [-0.39, 0.29) is 11.9 Å². The lowest BCUT2D eigenvalue weighted by Gasteiger charge is -2.23. The van der Waals surface area contributed by atoms with Crippen LogP contribution in [-0.2, 0) is 4.79 Å². The molecule has 0 aliphatic heterocycles. The molecule has 2 aromatic carbocycles. The van der Waals surface area contributed by atoms with Crippen molar-refractivity contribution in [3.05, 3.63) is 71.8 Å². The topological polar surface area (TPSA) is 70.2 Å². The Morgan fingerprint density at radius 1 is 0.917 bits per heavy atom. The van der Waals surface area contributed by atoms with Gasteiger partial charge in [0.05, 0.1) is 0 Å². The fourth-order valence-corrected chi connectivity index (χ4v) is 2.45. The molecule has 3 N–H and O–H groups in total. The monoisotopic (exact) mass is 325 g/mol. The Kier molecular flexibility index (Phi) is 6.51. The summed E-state index contributed by atoms with van der Waals surface area (Å²) in [6.07, 6.45) is 0. The van der Waals surface area contributed by atoms with Crippen molar-refractivity contribution in [2.24, 2.45) is 0 Å². The zero-order chi connectivity index (χ0) is 17.4. The van der Waals surface area contributed by atoms with Crippen molar-refractivity contribution in [1.82, 2.24) is 16.0 Å². The predicted molar refractivity (Wildman–Crippen MR) is 94.4 cm³/mol. The van der Waals surface area contributed by atoms with Crippen molar-refractivity contribution in [2.75, 3.05) is 6.54 Å². The molecule has 0 unspecified atom stereocenters. The van der Waals surface area contributed by atoms with Gasteiger partial charge in [0.15, 0.2) is 0 Å². The molecule has 2 aromatic rings. The highest BCUT2D eigenvalue weighted by molar-refractivity contribution is 5.97. The predicted octanol–water partition coefficient (Wildman–Crippen LogP) is 2.92. The molecule has 0 bridgehead atoms. The zero-order valence-corrected chi connectivity index (χ0v) is 14.0. The minimum absolute atomic E-state index is 0.0450. The van der Waals surface area contributed by atoms with Crippen molar-refractivity contribution >= 4 is 11.9 Å². The first-order valence-corrected chi connectivity index (χ1v) is 8.06. The number of amides is 3. The van der Waals surface area contributed by atoms with Gasteiger partial charge in [-0.15, -0.1) is 0 Å². The van der Waals surface area contributed by atoms with Gasteiger partial charge in [-0.05, 0) is 25.0 Å². The van der Waals surface area contributed by atoms with Crippen molar-refractivity contribution in [3.63, 3.8) is 0 Å². The second-order valence-corrected chi connectivity index (χ2v) is 5.49. The van der Waals surface area contributed by atoms with E-state index in [1.807, 2.05) is 67.6 Å². The van der Waals surface area contributed by atoms with Gasteiger partial charge in [0.2, 0.25) is 5.91 Å². The number of imide groups is 1. The van der Waals surface area contributed by atoms with Crippen molar-refractivity contribution in [3.8, 4) is 0 Å². The molecule has 0 saturated heterocycles. The number of benzene rings is 2. The molecule has 2 atom stereocenters. The van der Waals surface area contributed by atoms with Gasteiger partial charge in [-0.2, -0.15) is 0 Å². The van der Waals surface area contributed by atoms with Crippen LogP contribution in [0.2, 0.25) is 0 Å². The molecule has 0 saturated carbocycles. The fraction of sp³-hybridized carbons (Fsp3) is 0.263. The van der Waals surface area contributed by atoms with E-state index < -0.39 is 12.1 Å². The van der Waals surface area contributed by atoms with Crippen LogP contribution in [0.25, 0.3) is 0 Å². The van der Waals surface area contributed by atoms with E-state index in [0.29, 0.717) is 6.54 Å². The molecular weight excluding hydrogens is 302 g/mol. The van der Waals surface area contributed by atoms with Gasteiger partial charge in [0.25, 0.3) is 0 Å². The molecule has 5 heteroatoms. The first kappa shape index (κ1) is 17.7. The van der Waals surface area contributed by atoms with E-state index in [4.69, 9.17) is 0 Å². The lowest BCUT2D eigenvalue weighted by Crippen LogP contribution is -2.45. The minimum atomic E-state index is -0.621. The molecule has 5 nitrogen and oxygen atoms in total. The van der Waals surface area contributed by atoms with Crippen LogP contribution in [0.1, 0.15) is 37.1 Å². The number of hydrogen-bond acceptors (Lipinski definition) is 3. The molecule has 0 heterocycles. The Morgan fingerprint density at radius 2 is 1.46 bits per heavy atom. The van der Waals surface area contributed by atoms with Crippen LogP contribution < -0.4 is 16.0 Å². The third-order valence-electron chi connectivity index (χ3n) is 3.69. The summed E-state index contributed by atoms with van der Waals surface area (Å²) in [4.78, 5) is 24.2. The molecule has 126 valence electrons. The van der Waals surface area contributed by atoms with E-state index in [9.17, 15) is 9.59 Å². The van der Waals surface area contributed by atoms with E-state index >= 15 is 0 Å². The molecule has 3 amide bonds. The normalized spacial score (nSPS) is 12.9. The van der Waals surface area contributed by atoms with E-state index in [0.717, 1.165) is 11.1 Å². The summed E-state index contributed by atoms with van der Waals surface area (Å²) < 4.78 is 0. The van der Waals surface area contributed by atoms with Gasteiger partial charge in [-0.1, -0.05) is 60.7 Å². The summed E-state index contributed by atoms with van der Waals surface area (Å²) in [5.41, 5.74) is 1.88. The van der Waals surface area contributed by atoms with Crippen LogP contribution >= 0.6 is 0 Å². The maximum Gasteiger partial charge on any atom is 0.321 e. The average Bonchev–Trinajstić information content (AvgIpc) is 2.61. The van der Waals surface area contributed by atoms with Crippen LogP contribution in [-0.4, -0.2) is 18.5 Å². The fourth-order valence-electron chi connectivity index (χ4n) is 2.45. The second-order valence-electron chi connectivity index (χ2n) is 5.49. The Bertz CT molecular complexity index is 659. The maximum atomic E-state index is 12.6. The van der Waals surface area contributed by atoms with Gasteiger partial charge in [-0.3, -0.25) is 15.4 Å². The highest BCUT2D eigenvalue weighted by atomic mass is 16.2. The lowest BCUT2D eigenvalue weighted by atomic mass is 10.0. The number of carbonyl (C=O) groups is 2. The number of urea groups is 1. The highest BCUT2D eigenvalue weighted by Gasteiger charge is 2.24. The van der Waals surface area contributed by atoms with E-state index in [2.05, 4.69) is 16.0 Å². The Hall–Kier alpha value is -2.66. The molecule has 0 spiro atoms. The lowest BCUT2D eigenvalue weighted by molar-refractivity contribution is -0.122. The Balaban J connectivity index is 2.17. The average molecular weight is 325 g/mol. The molecule has 0 aromatic heterocycles. The third-order valence-corrected chi connectivity index (χ3v) is 3.69. The van der Waals surface area contributed by atoms with Crippen LogP contribution in [0.4, 0.5) is 4.79 Å². The third kappa shape index (κ3) is 4.93. The standard InChI is InChI=1S/C19H23N3O2/c1-3-20-19(24)22-18(23)17(16-12-8-5-9-13-16)21-14(2)15-10-6-4-7-11-15/h4-14,17,21H,3H2,1-2H3,(H2,20,22,23,24)/t14-,17-/m0/s1. The largest absolute Gasteiger partial charge is 0.338 e. The summed E-state index contributed by atoms with van der Waals surface area (Å²) in [7, 11) is 0. The zero-order valence-electron chi connectivity index (χ0n) is 14.0.